The third kappa shape index (κ3) is 2.70. The predicted octanol–water partition coefficient (Wildman–Crippen LogP) is 3.13. The van der Waals surface area contributed by atoms with E-state index in [0.29, 0.717) is 10.6 Å². The summed E-state index contributed by atoms with van der Waals surface area (Å²) in [6.07, 6.45) is -1.50. The largest absolute Gasteiger partial charge is 0.479 e. The van der Waals surface area contributed by atoms with Crippen LogP contribution in [0, 0.1) is 0 Å². The van der Waals surface area contributed by atoms with Crippen molar-refractivity contribution in [3.05, 3.63) is 59.1 Å². The highest BCUT2D eigenvalue weighted by atomic mass is 35.5. The minimum atomic E-state index is -1.50. The Balaban J connectivity index is 2.38. The highest BCUT2D eigenvalue weighted by molar-refractivity contribution is 6.30. The van der Waals surface area contributed by atoms with Crippen LogP contribution >= 0.6 is 11.6 Å². The number of carboxylic acids is 1. The van der Waals surface area contributed by atoms with Crippen LogP contribution in [-0.2, 0) is 4.79 Å². The monoisotopic (exact) mass is 262 g/mol. The van der Waals surface area contributed by atoms with Crippen molar-refractivity contribution in [3.63, 3.8) is 0 Å². The number of hydrogen-bond donors (Lipinski definition) is 2. The van der Waals surface area contributed by atoms with Gasteiger partial charge >= 0.3 is 5.97 Å². The molecule has 4 heteroatoms. The van der Waals surface area contributed by atoms with Crippen LogP contribution in [0.4, 0.5) is 0 Å². The summed E-state index contributed by atoms with van der Waals surface area (Å²) in [7, 11) is 0. The zero-order valence-corrected chi connectivity index (χ0v) is 10.1. The summed E-state index contributed by atoms with van der Waals surface area (Å²) in [5.74, 6) is -1.26. The van der Waals surface area contributed by atoms with Gasteiger partial charge in [0.2, 0.25) is 0 Å². The Kier molecular flexibility index (Phi) is 3.65. The van der Waals surface area contributed by atoms with E-state index in [0.717, 1.165) is 11.1 Å². The SMILES string of the molecule is O=C(O)C(O)c1cccc(-c2ccc(Cl)cc2)c1. The molecule has 0 spiro atoms. The number of carbonyl (C=O) groups is 1. The molecule has 0 aliphatic rings. The Bertz CT molecular complexity index is 564. The Morgan fingerprint density at radius 1 is 1.06 bits per heavy atom. The molecule has 0 aliphatic carbocycles. The van der Waals surface area contributed by atoms with E-state index >= 15 is 0 Å². The molecule has 3 nitrogen and oxygen atoms in total. The van der Waals surface area contributed by atoms with Crippen molar-refractivity contribution in [2.75, 3.05) is 0 Å². The summed E-state index contributed by atoms with van der Waals surface area (Å²) in [6, 6.07) is 14.0. The van der Waals surface area contributed by atoms with Gasteiger partial charge in [0.1, 0.15) is 0 Å². The van der Waals surface area contributed by atoms with E-state index in [9.17, 15) is 9.90 Å². The van der Waals surface area contributed by atoms with Gasteiger partial charge in [0, 0.05) is 5.02 Å². The van der Waals surface area contributed by atoms with Gasteiger partial charge in [-0.3, -0.25) is 0 Å². The maximum absolute atomic E-state index is 10.7. The lowest BCUT2D eigenvalue weighted by Gasteiger charge is -2.08. The second-order valence-corrected chi connectivity index (χ2v) is 4.31. The van der Waals surface area contributed by atoms with Gasteiger partial charge in [-0.2, -0.15) is 0 Å². The highest BCUT2D eigenvalue weighted by Crippen LogP contribution is 2.24. The van der Waals surface area contributed by atoms with Crippen LogP contribution in [-0.4, -0.2) is 16.2 Å². The van der Waals surface area contributed by atoms with Gasteiger partial charge in [0.25, 0.3) is 0 Å². The normalized spacial score (nSPS) is 12.1. The molecular formula is C14H11ClO3. The van der Waals surface area contributed by atoms with Gasteiger partial charge in [-0.25, -0.2) is 4.79 Å². The molecule has 2 aromatic carbocycles. The summed E-state index contributed by atoms with van der Waals surface area (Å²) in [4.78, 5) is 10.7. The Labute approximate surface area is 109 Å². The van der Waals surface area contributed by atoms with Crippen LogP contribution in [0.3, 0.4) is 0 Å². The average Bonchev–Trinajstić information content (AvgIpc) is 2.38. The third-order valence-corrected chi connectivity index (χ3v) is 2.87. The first-order valence-electron chi connectivity index (χ1n) is 5.34. The van der Waals surface area contributed by atoms with Crippen molar-refractivity contribution < 1.29 is 15.0 Å². The molecule has 18 heavy (non-hydrogen) atoms. The molecule has 0 amide bonds. The van der Waals surface area contributed by atoms with Crippen LogP contribution in [0.15, 0.2) is 48.5 Å². The quantitative estimate of drug-likeness (QED) is 0.893. The van der Waals surface area contributed by atoms with Crippen LogP contribution in [0.2, 0.25) is 5.02 Å². The van der Waals surface area contributed by atoms with E-state index < -0.39 is 12.1 Å². The molecule has 0 bridgehead atoms. The van der Waals surface area contributed by atoms with E-state index in [1.54, 1.807) is 30.3 Å². The van der Waals surface area contributed by atoms with E-state index in [2.05, 4.69) is 0 Å². The molecule has 0 aliphatic heterocycles. The topological polar surface area (TPSA) is 57.5 Å². The summed E-state index contributed by atoms with van der Waals surface area (Å²) in [5.41, 5.74) is 2.11. The third-order valence-electron chi connectivity index (χ3n) is 2.61. The van der Waals surface area contributed by atoms with Gasteiger partial charge < -0.3 is 10.2 Å². The summed E-state index contributed by atoms with van der Waals surface area (Å²) >= 11 is 5.80. The maximum Gasteiger partial charge on any atom is 0.337 e. The van der Waals surface area contributed by atoms with Crippen LogP contribution in [0.1, 0.15) is 11.7 Å². The summed E-state index contributed by atoms with van der Waals surface area (Å²) in [6.45, 7) is 0. The molecule has 0 fully saturated rings. The Morgan fingerprint density at radius 2 is 1.72 bits per heavy atom. The maximum atomic E-state index is 10.7. The average molecular weight is 263 g/mol. The molecule has 1 atom stereocenters. The molecule has 1 unspecified atom stereocenters. The van der Waals surface area contributed by atoms with E-state index in [1.165, 1.54) is 0 Å². The fraction of sp³-hybridized carbons (Fsp3) is 0.0714. The van der Waals surface area contributed by atoms with Crippen molar-refractivity contribution in [1.82, 2.24) is 0 Å². The first kappa shape index (κ1) is 12.6. The molecule has 0 saturated heterocycles. The molecule has 0 aromatic heterocycles. The second-order valence-electron chi connectivity index (χ2n) is 3.87. The van der Waals surface area contributed by atoms with Gasteiger partial charge in [-0.15, -0.1) is 0 Å². The van der Waals surface area contributed by atoms with Gasteiger partial charge in [-0.05, 0) is 34.9 Å². The molecule has 0 saturated carbocycles. The Hall–Kier alpha value is -1.84. The molecule has 0 radical (unpaired) electrons. The minimum absolute atomic E-state index is 0.356. The lowest BCUT2D eigenvalue weighted by atomic mass is 10.0. The van der Waals surface area contributed by atoms with Crippen molar-refractivity contribution in [2.45, 2.75) is 6.10 Å². The molecule has 92 valence electrons. The van der Waals surface area contributed by atoms with Crippen molar-refractivity contribution >= 4 is 17.6 Å². The first-order valence-corrected chi connectivity index (χ1v) is 5.72. The lowest BCUT2D eigenvalue weighted by Crippen LogP contribution is -2.10. The number of aliphatic hydroxyl groups is 1. The second kappa shape index (κ2) is 5.21. The smallest absolute Gasteiger partial charge is 0.337 e. The lowest BCUT2D eigenvalue weighted by molar-refractivity contribution is -0.146. The van der Waals surface area contributed by atoms with Crippen LogP contribution in [0.25, 0.3) is 11.1 Å². The van der Waals surface area contributed by atoms with Crippen molar-refractivity contribution in [3.8, 4) is 11.1 Å². The van der Waals surface area contributed by atoms with Crippen LogP contribution in [0.5, 0.6) is 0 Å². The molecule has 2 N–H and O–H groups in total. The van der Waals surface area contributed by atoms with Gasteiger partial charge in [-0.1, -0.05) is 41.9 Å². The van der Waals surface area contributed by atoms with E-state index in [-0.39, 0.29) is 0 Å². The number of aliphatic carboxylic acids is 1. The first-order chi connectivity index (χ1) is 8.58. The van der Waals surface area contributed by atoms with E-state index in [4.69, 9.17) is 16.7 Å². The molecule has 0 heterocycles. The predicted molar refractivity (Wildman–Crippen MR) is 69.5 cm³/mol. The molecule has 2 rings (SSSR count). The van der Waals surface area contributed by atoms with E-state index in [1.807, 2.05) is 18.2 Å². The summed E-state index contributed by atoms with van der Waals surface area (Å²) in [5, 5.41) is 18.9. The fourth-order valence-corrected chi connectivity index (χ4v) is 1.80. The number of hydrogen-bond acceptors (Lipinski definition) is 2. The number of benzene rings is 2. The number of aliphatic hydroxyl groups excluding tert-OH is 1. The number of halogens is 1. The van der Waals surface area contributed by atoms with Gasteiger partial charge in [0.05, 0.1) is 0 Å². The number of rotatable bonds is 3. The zero-order chi connectivity index (χ0) is 13.1. The van der Waals surface area contributed by atoms with Crippen molar-refractivity contribution in [2.24, 2.45) is 0 Å². The highest BCUT2D eigenvalue weighted by Gasteiger charge is 2.15. The Morgan fingerprint density at radius 3 is 2.33 bits per heavy atom. The fourth-order valence-electron chi connectivity index (χ4n) is 1.67. The molecule has 2 aromatic rings. The summed E-state index contributed by atoms with van der Waals surface area (Å²) < 4.78 is 0. The molecular weight excluding hydrogens is 252 g/mol. The van der Waals surface area contributed by atoms with Gasteiger partial charge in [0.15, 0.2) is 6.10 Å². The zero-order valence-electron chi connectivity index (χ0n) is 9.38. The minimum Gasteiger partial charge on any atom is -0.479 e. The van der Waals surface area contributed by atoms with Crippen molar-refractivity contribution in [1.29, 1.82) is 0 Å². The van der Waals surface area contributed by atoms with Crippen LogP contribution < -0.4 is 0 Å². The standard InChI is InChI=1S/C14H11ClO3/c15-12-6-4-9(5-7-12)10-2-1-3-11(8-10)13(16)14(17)18/h1-8,13,16H,(H,17,18). The number of carboxylic acid groups (broad SMARTS) is 1.